The highest BCUT2D eigenvalue weighted by molar-refractivity contribution is 7.17. The molecule has 0 fully saturated rings. The molecule has 12 heavy (non-hydrogen) atoms. The molecule has 0 saturated heterocycles. The summed E-state index contributed by atoms with van der Waals surface area (Å²) in [6.07, 6.45) is 6.46. The molecule has 0 radical (unpaired) electrons. The molecule has 2 nitrogen and oxygen atoms in total. The Bertz CT molecular complexity index is 155. The van der Waals surface area contributed by atoms with Crippen LogP contribution in [-0.4, -0.2) is 17.8 Å². The van der Waals surface area contributed by atoms with Crippen molar-refractivity contribution in [3.8, 4) is 0 Å². The molecule has 0 amide bonds. The van der Waals surface area contributed by atoms with Gasteiger partial charge in [-0.25, -0.2) is 9.79 Å². The molecular formula is C9H18NOP. The third kappa shape index (κ3) is 5.46. The molecule has 2 unspecified atom stereocenters. The summed E-state index contributed by atoms with van der Waals surface area (Å²) in [5, 5.41) is 0. The molecular weight excluding hydrogens is 169 g/mol. The predicted molar refractivity (Wildman–Crippen MR) is 55.2 cm³/mol. The minimum Gasteiger partial charge on any atom is -0.211 e. The van der Waals surface area contributed by atoms with Gasteiger partial charge in [0.2, 0.25) is 6.08 Å². The lowest BCUT2D eigenvalue weighted by Gasteiger charge is -2.13. The van der Waals surface area contributed by atoms with Gasteiger partial charge in [-0.15, -0.1) is 9.24 Å². The lowest BCUT2D eigenvalue weighted by Crippen LogP contribution is -2.13. The maximum absolute atomic E-state index is 9.95. The number of unbranched alkanes of at least 4 members (excludes halogenated alkanes) is 2. The predicted octanol–water partition coefficient (Wildman–Crippen LogP) is 2.53. The van der Waals surface area contributed by atoms with E-state index in [2.05, 4.69) is 21.2 Å². The maximum Gasteiger partial charge on any atom is 0.235 e. The number of hydrogen-bond donors (Lipinski definition) is 0. The van der Waals surface area contributed by atoms with Crippen molar-refractivity contribution in [2.24, 2.45) is 4.99 Å². The van der Waals surface area contributed by atoms with Gasteiger partial charge in [0.1, 0.15) is 0 Å². The van der Waals surface area contributed by atoms with Crippen LogP contribution >= 0.6 is 9.24 Å². The normalized spacial score (nSPS) is 14.9. The van der Waals surface area contributed by atoms with Gasteiger partial charge in [-0.2, -0.15) is 0 Å². The van der Waals surface area contributed by atoms with Crippen LogP contribution in [0.15, 0.2) is 4.99 Å². The van der Waals surface area contributed by atoms with Gasteiger partial charge in [-0.05, 0) is 19.0 Å². The van der Waals surface area contributed by atoms with Crippen molar-refractivity contribution in [3.63, 3.8) is 0 Å². The van der Waals surface area contributed by atoms with Crippen molar-refractivity contribution in [2.75, 3.05) is 0 Å². The number of isocyanates is 1. The molecule has 3 atom stereocenters. The van der Waals surface area contributed by atoms with Crippen molar-refractivity contribution < 1.29 is 4.79 Å². The summed E-state index contributed by atoms with van der Waals surface area (Å²) in [6, 6.07) is 0.101. The first kappa shape index (κ1) is 11.8. The van der Waals surface area contributed by atoms with Crippen LogP contribution in [0, 0.1) is 0 Å². The summed E-state index contributed by atoms with van der Waals surface area (Å²) < 4.78 is 0. The third-order valence-electron chi connectivity index (χ3n) is 2.02. The Morgan fingerprint density at radius 2 is 2.17 bits per heavy atom. The van der Waals surface area contributed by atoms with E-state index >= 15 is 0 Å². The Labute approximate surface area is 77.0 Å². The molecule has 0 aliphatic heterocycles. The fourth-order valence-corrected chi connectivity index (χ4v) is 1.37. The van der Waals surface area contributed by atoms with Gasteiger partial charge < -0.3 is 0 Å². The largest absolute Gasteiger partial charge is 0.235 e. The van der Waals surface area contributed by atoms with E-state index < -0.39 is 0 Å². The second-order valence-corrected chi connectivity index (χ2v) is 3.98. The lowest BCUT2D eigenvalue weighted by atomic mass is 10.1. The molecule has 0 saturated carbocycles. The molecule has 0 aromatic rings. The average molecular weight is 187 g/mol. The first-order valence-corrected chi connectivity index (χ1v) is 5.21. The standard InChI is InChI=1S/C9H18NOP/c1-3-4-5-6-9(12)8(2)10-7-11/h8-9H,3-6,12H2,1-2H3/t8-,9?/m0/s1. The zero-order valence-electron chi connectivity index (χ0n) is 7.92. The molecule has 0 aromatic carbocycles. The topological polar surface area (TPSA) is 29.4 Å². The summed E-state index contributed by atoms with van der Waals surface area (Å²) >= 11 is 0. The zero-order valence-corrected chi connectivity index (χ0v) is 9.07. The van der Waals surface area contributed by atoms with Crippen LogP contribution in [0.25, 0.3) is 0 Å². The summed E-state index contributed by atoms with van der Waals surface area (Å²) in [6.45, 7) is 4.14. The summed E-state index contributed by atoms with van der Waals surface area (Å²) in [7, 11) is 2.75. The second kappa shape index (κ2) is 7.46. The van der Waals surface area contributed by atoms with Gasteiger partial charge in [0.15, 0.2) is 0 Å². The van der Waals surface area contributed by atoms with Gasteiger partial charge in [-0.3, -0.25) is 0 Å². The van der Waals surface area contributed by atoms with E-state index in [1.807, 2.05) is 6.92 Å². The molecule has 0 bridgehead atoms. The SMILES string of the molecule is CCCCCC(P)[C@H](C)N=C=O. The van der Waals surface area contributed by atoms with E-state index in [1.165, 1.54) is 19.3 Å². The fraction of sp³-hybridized carbons (Fsp3) is 0.889. The Morgan fingerprint density at radius 3 is 2.67 bits per heavy atom. The number of hydrogen-bond acceptors (Lipinski definition) is 2. The van der Waals surface area contributed by atoms with E-state index in [0.717, 1.165) is 6.42 Å². The highest BCUT2D eigenvalue weighted by atomic mass is 31.0. The molecule has 0 aliphatic carbocycles. The van der Waals surface area contributed by atoms with Crippen LogP contribution in [0.3, 0.4) is 0 Å². The summed E-state index contributed by atoms with van der Waals surface area (Å²) in [5.41, 5.74) is 0.429. The van der Waals surface area contributed by atoms with Crippen LogP contribution in [-0.2, 0) is 4.79 Å². The van der Waals surface area contributed by atoms with E-state index in [0.29, 0.717) is 5.66 Å². The number of nitrogens with zero attached hydrogens (tertiary/aromatic N) is 1. The third-order valence-corrected chi connectivity index (χ3v) is 2.91. The van der Waals surface area contributed by atoms with Gasteiger partial charge in [-0.1, -0.05) is 26.2 Å². The molecule has 0 aliphatic rings. The lowest BCUT2D eigenvalue weighted by molar-refractivity contribution is 0.548. The van der Waals surface area contributed by atoms with Crippen LogP contribution in [0.1, 0.15) is 39.5 Å². The average Bonchev–Trinajstić information content (AvgIpc) is 2.05. The van der Waals surface area contributed by atoms with Crippen LogP contribution < -0.4 is 0 Å². The molecule has 0 rings (SSSR count). The number of rotatable bonds is 6. The van der Waals surface area contributed by atoms with Gasteiger partial charge in [0.25, 0.3) is 0 Å². The van der Waals surface area contributed by atoms with Crippen LogP contribution in [0.2, 0.25) is 0 Å². The molecule has 0 spiro atoms. The van der Waals surface area contributed by atoms with Crippen molar-refractivity contribution in [1.29, 1.82) is 0 Å². The smallest absolute Gasteiger partial charge is 0.211 e. The minimum atomic E-state index is 0.101. The molecule has 0 N–H and O–H groups in total. The van der Waals surface area contributed by atoms with Crippen molar-refractivity contribution in [3.05, 3.63) is 0 Å². The van der Waals surface area contributed by atoms with E-state index in [1.54, 1.807) is 6.08 Å². The van der Waals surface area contributed by atoms with Crippen molar-refractivity contribution >= 4 is 15.3 Å². The monoisotopic (exact) mass is 187 g/mol. The molecule has 0 aromatic heterocycles. The first-order valence-electron chi connectivity index (χ1n) is 4.55. The van der Waals surface area contributed by atoms with Gasteiger partial charge >= 0.3 is 0 Å². The quantitative estimate of drug-likeness (QED) is 0.272. The van der Waals surface area contributed by atoms with Crippen LogP contribution in [0.5, 0.6) is 0 Å². The summed E-state index contributed by atoms with van der Waals surface area (Å²) in [5.74, 6) is 0. The maximum atomic E-state index is 9.95. The Hall–Kier alpha value is -0.190. The fourth-order valence-electron chi connectivity index (χ4n) is 1.05. The Balaban J connectivity index is 3.55. The van der Waals surface area contributed by atoms with Gasteiger partial charge in [0, 0.05) is 0 Å². The van der Waals surface area contributed by atoms with Crippen molar-refractivity contribution in [1.82, 2.24) is 0 Å². The number of carbonyl (C=O) groups excluding carboxylic acids is 1. The molecule has 0 heterocycles. The second-order valence-electron chi connectivity index (χ2n) is 3.12. The van der Waals surface area contributed by atoms with Gasteiger partial charge in [0.05, 0.1) is 6.04 Å². The number of aliphatic imine (C=N–C) groups is 1. The van der Waals surface area contributed by atoms with Crippen molar-refractivity contribution in [2.45, 2.75) is 51.2 Å². The summed E-state index contributed by atoms with van der Waals surface area (Å²) in [4.78, 5) is 13.6. The minimum absolute atomic E-state index is 0.101. The first-order chi connectivity index (χ1) is 5.72. The Morgan fingerprint density at radius 1 is 1.50 bits per heavy atom. The van der Waals surface area contributed by atoms with Crippen LogP contribution in [0.4, 0.5) is 0 Å². The van der Waals surface area contributed by atoms with E-state index in [9.17, 15) is 4.79 Å². The van der Waals surface area contributed by atoms with E-state index in [-0.39, 0.29) is 6.04 Å². The Kier molecular flexibility index (Phi) is 7.34. The molecule has 70 valence electrons. The highest BCUT2D eigenvalue weighted by Crippen LogP contribution is 2.16. The van der Waals surface area contributed by atoms with E-state index in [4.69, 9.17) is 0 Å². The highest BCUT2D eigenvalue weighted by Gasteiger charge is 2.09. The molecule has 3 heteroatoms. The zero-order chi connectivity index (χ0) is 9.40.